The molecule has 1 atom stereocenters. The first-order valence-electron chi connectivity index (χ1n) is 10.7. The zero-order chi connectivity index (χ0) is 21.5. The van der Waals surface area contributed by atoms with Gasteiger partial charge in [0.05, 0.1) is 11.0 Å². The van der Waals surface area contributed by atoms with Crippen molar-refractivity contribution in [3.63, 3.8) is 0 Å². The van der Waals surface area contributed by atoms with Crippen LogP contribution in [0.3, 0.4) is 0 Å². The highest BCUT2D eigenvalue weighted by molar-refractivity contribution is 5.81. The summed E-state index contributed by atoms with van der Waals surface area (Å²) in [5.74, 6) is 0.329. The molecule has 5 rings (SSSR count). The summed E-state index contributed by atoms with van der Waals surface area (Å²) in [6.07, 6.45) is 3.39. The molecule has 7 nitrogen and oxygen atoms in total. The topological polar surface area (TPSA) is 92.7 Å². The molecule has 1 unspecified atom stereocenters. The fourth-order valence-corrected chi connectivity index (χ4v) is 4.59. The predicted octanol–water partition coefficient (Wildman–Crippen LogP) is 2.87. The Labute approximate surface area is 179 Å². The number of fused-ring (bicyclic) bond motifs is 3. The number of nitrogens with zero attached hydrogens (tertiary/aromatic N) is 3. The third kappa shape index (κ3) is 3.55. The molecule has 2 aliphatic heterocycles. The van der Waals surface area contributed by atoms with Crippen LogP contribution in [0.5, 0.6) is 0 Å². The monoisotopic (exact) mass is 415 g/mol. The van der Waals surface area contributed by atoms with E-state index in [2.05, 4.69) is 50.6 Å². The van der Waals surface area contributed by atoms with Gasteiger partial charge >= 0.3 is 5.69 Å². The van der Waals surface area contributed by atoms with Gasteiger partial charge < -0.3 is 9.88 Å². The molecule has 2 aromatic rings. The van der Waals surface area contributed by atoms with Crippen molar-refractivity contribution < 1.29 is 0 Å². The summed E-state index contributed by atoms with van der Waals surface area (Å²) < 4.78 is 1.95. The van der Waals surface area contributed by atoms with Crippen molar-refractivity contribution in [2.45, 2.75) is 45.7 Å². The van der Waals surface area contributed by atoms with Crippen LogP contribution in [-0.4, -0.2) is 26.1 Å². The number of hydrogen-bond donors (Lipinski definition) is 2. The molecule has 0 aromatic heterocycles. The van der Waals surface area contributed by atoms with Gasteiger partial charge in [0.2, 0.25) is 0 Å². The Morgan fingerprint density at radius 1 is 1.13 bits per heavy atom. The van der Waals surface area contributed by atoms with Crippen LogP contribution in [0.1, 0.15) is 41.1 Å². The van der Waals surface area contributed by atoms with E-state index in [9.17, 15) is 9.59 Å². The number of rotatable bonds is 4. The molecule has 0 fully saturated rings. The van der Waals surface area contributed by atoms with Crippen LogP contribution in [0.25, 0.3) is 22.6 Å². The van der Waals surface area contributed by atoms with Crippen LogP contribution in [0.2, 0.25) is 0 Å². The van der Waals surface area contributed by atoms with E-state index < -0.39 is 11.2 Å². The van der Waals surface area contributed by atoms with E-state index >= 15 is 0 Å². The Kier molecular flexibility index (Phi) is 4.90. The number of aromatic nitrogens is 4. The number of aryl methyl sites for hydroxylation is 3. The highest BCUT2D eigenvalue weighted by Crippen LogP contribution is 2.29. The summed E-state index contributed by atoms with van der Waals surface area (Å²) >= 11 is 0. The maximum atomic E-state index is 12.4. The average molecular weight is 415 g/mol. The van der Waals surface area contributed by atoms with Crippen molar-refractivity contribution in [3.05, 3.63) is 79.5 Å². The SMILES string of the molecule is Cc1cc2nc3c(=O)[nH]c(=O)nc-3n(CCNC3CCCc4ccccc43)c2cc1C. The molecule has 0 radical (unpaired) electrons. The molecule has 31 heavy (non-hydrogen) atoms. The lowest BCUT2D eigenvalue weighted by atomic mass is 9.88. The smallest absolute Gasteiger partial charge is 0.321 e. The van der Waals surface area contributed by atoms with Crippen molar-refractivity contribution in [2.24, 2.45) is 0 Å². The Balaban J connectivity index is 1.53. The van der Waals surface area contributed by atoms with Gasteiger partial charge in [0.1, 0.15) is 0 Å². The van der Waals surface area contributed by atoms with Crippen LogP contribution in [0.15, 0.2) is 46.0 Å². The molecule has 0 saturated heterocycles. The molecule has 3 aliphatic rings. The van der Waals surface area contributed by atoms with Gasteiger partial charge in [-0.2, -0.15) is 4.98 Å². The standard InChI is InChI=1S/C24H25N5O2/c1-14-12-19-20(13-15(14)2)29(22-21(26-19)23(30)28-24(31)27-22)11-10-25-18-9-5-7-16-6-3-4-8-17(16)18/h3-4,6,8,12-13,18,25H,5,7,9-11H2,1-2H3,(H,28,30,31). The average Bonchev–Trinajstić information content (AvgIpc) is 2.75. The Bertz CT molecular complexity index is 1370. The van der Waals surface area contributed by atoms with Gasteiger partial charge in [-0.1, -0.05) is 24.3 Å². The number of hydrogen-bond acceptors (Lipinski definition) is 5. The van der Waals surface area contributed by atoms with Crippen molar-refractivity contribution in [1.82, 2.24) is 24.8 Å². The maximum absolute atomic E-state index is 12.4. The normalized spacial score (nSPS) is 16.0. The Morgan fingerprint density at radius 2 is 1.94 bits per heavy atom. The zero-order valence-corrected chi connectivity index (χ0v) is 17.7. The van der Waals surface area contributed by atoms with Crippen LogP contribution < -0.4 is 16.6 Å². The first kappa shape index (κ1) is 19.6. The van der Waals surface area contributed by atoms with Crippen molar-refractivity contribution >= 4 is 11.0 Å². The van der Waals surface area contributed by atoms with E-state index in [1.54, 1.807) is 0 Å². The van der Waals surface area contributed by atoms with Gasteiger partial charge in [0.25, 0.3) is 5.56 Å². The first-order chi connectivity index (χ1) is 15.0. The second-order valence-corrected chi connectivity index (χ2v) is 8.33. The largest absolute Gasteiger partial charge is 0.349 e. The molecule has 1 aliphatic carbocycles. The fraction of sp³-hybridized carbons (Fsp3) is 0.333. The third-order valence-corrected chi connectivity index (χ3v) is 6.32. The van der Waals surface area contributed by atoms with Gasteiger partial charge in [-0.05, 0) is 67.5 Å². The highest BCUT2D eigenvalue weighted by atomic mass is 16.2. The number of nitrogens with one attached hydrogen (secondary N) is 2. The van der Waals surface area contributed by atoms with Crippen LogP contribution in [0.4, 0.5) is 0 Å². The first-order valence-corrected chi connectivity index (χ1v) is 10.7. The molecule has 0 saturated carbocycles. The van der Waals surface area contributed by atoms with E-state index in [0.717, 1.165) is 41.4 Å². The number of benzene rings is 2. The zero-order valence-electron chi connectivity index (χ0n) is 17.7. The molecule has 2 N–H and O–H groups in total. The van der Waals surface area contributed by atoms with E-state index in [1.165, 1.54) is 11.1 Å². The second kappa shape index (κ2) is 7.74. The van der Waals surface area contributed by atoms with Gasteiger partial charge in [-0.15, -0.1) is 0 Å². The molecule has 158 valence electrons. The van der Waals surface area contributed by atoms with E-state index in [4.69, 9.17) is 0 Å². The van der Waals surface area contributed by atoms with Crippen molar-refractivity contribution in [1.29, 1.82) is 0 Å². The van der Waals surface area contributed by atoms with Crippen LogP contribution in [0, 0.1) is 13.8 Å². The molecule has 0 bridgehead atoms. The van der Waals surface area contributed by atoms with E-state index in [1.807, 2.05) is 24.5 Å². The lowest BCUT2D eigenvalue weighted by Gasteiger charge is -2.27. The third-order valence-electron chi connectivity index (χ3n) is 6.32. The minimum Gasteiger partial charge on any atom is -0.321 e. The summed E-state index contributed by atoms with van der Waals surface area (Å²) in [6, 6.07) is 12.9. The minimum atomic E-state index is -0.648. The lowest BCUT2D eigenvalue weighted by Crippen LogP contribution is -2.32. The summed E-state index contributed by atoms with van der Waals surface area (Å²) in [6.45, 7) is 5.33. The second-order valence-electron chi connectivity index (χ2n) is 8.33. The molecule has 7 heteroatoms. The van der Waals surface area contributed by atoms with Gasteiger partial charge in [-0.3, -0.25) is 9.78 Å². The molecule has 0 amide bonds. The highest BCUT2D eigenvalue weighted by Gasteiger charge is 2.21. The predicted molar refractivity (Wildman–Crippen MR) is 121 cm³/mol. The van der Waals surface area contributed by atoms with Crippen molar-refractivity contribution in [2.75, 3.05) is 6.54 Å². The van der Waals surface area contributed by atoms with E-state index in [0.29, 0.717) is 25.0 Å². The molecular formula is C24H25N5O2. The maximum Gasteiger partial charge on any atom is 0.349 e. The quantitative estimate of drug-likeness (QED) is 0.500. The number of H-pyrrole nitrogens is 1. The molecule has 2 aromatic carbocycles. The molecular weight excluding hydrogens is 390 g/mol. The van der Waals surface area contributed by atoms with E-state index in [-0.39, 0.29) is 5.69 Å². The lowest BCUT2D eigenvalue weighted by molar-refractivity contribution is 0.447. The molecule has 0 spiro atoms. The van der Waals surface area contributed by atoms with Gasteiger partial charge in [0.15, 0.2) is 11.5 Å². The Hall–Kier alpha value is -3.32. The summed E-state index contributed by atoms with van der Waals surface area (Å²) in [5.41, 5.74) is 5.65. The Morgan fingerprint density at radius 3 is 2.81 bits per heavy atom. The van der Waals surface area contributed by atoms with Gasteiger partial charge in [0, 0.05) is 19.1 Å². The molecule has 2 heterocycles. The minimum absolute atomic E-state index is 0.193. The summed E-state index contributed by atoms with van der Waals surface area (Å²) in [4.78, 5) is 35.2. The number of aromatic amines is 1. The van der Waals surface area contributed by atoms with Crippen LogP contribution >= 0.6 is 0 Å². The van der Waals surface area contributed by atoms with Crippen LogP contribution in [-0.2, 0) is 13.0 Å². The summed E-state index contributed by atoms with van der Waals surface area (Å²) in [7, 11) is 0. The van der Waals surface area contributed by atoms with Gasteiger partial charge in [-0.25, -0.2) is 9.78 Å². The van der Waals surface area contributed by atoms with Crippen molar-refractivity contribution in [3.8, 4) is 11.5 Å². The fourth-order valence-electron chi connectivity index (χ4n) is 4.59. The summed E-state index contributed by atoms with van der Waals surface area (Å²) in [5, 5.41) is 3.68.